The molecule has 0 bridgehead atoms. The highest BCUT2D eigenvalue weighted by Crippen LogP contribution is 2.29. The van der Waals surface area contributed by atoms with E-state index >= 15 is 0 Å². The molecule has 1 aliphatic heterocycles. The molecule has 2 fully saturated rings. The second kappa shape index (κ2) is 10.1. The minimum atomic E-state index is -0.985. The fourth-order valence-corrected chi connectivity index (χ4v) is 5.02. The molecule has 2 aliphatic rings. The molecule has 2 aromatic carbocycles. The van der Waals surface area contributed by atoms with Gasteiger partial charge < -0.3 is 15.1 Å². The summed E-state index contributed by atoms with van der Waals surface area (Å²) in [5, 5.41) is 13.2. The summed E-state index contributed by atoms with van der Waals surface area (Å²) in [7, 11) is 0. The fourth-order valence-electron chi connectivity index (χ4n) is 5.02. The summed E-state index contributed by atoms with van der Waals surface area (Å²) in [5.74, 6) is -0.596. The number of nitrogens with zero attached hydrogens (tertiary/aromatic N) is 5. The first-order valence-corrected chi connectivity index (χ1v) is 12.2. The molecule has 1 saturated carbocycles. The number of nitriles is 1. The van der Waals surface area contributed by atoms with E-state index in [9.17, 15) is 10.1 Å². The number of piperazine rings is 1. The Hall–Kier alpha value is -3.66. The highest BCUT2D eigenvalue weighted by molar-refractivity contribution is 5.89. The SMILES string of the molecule is N#C[C@@H](C(=O)NC1CCCCC1)c1nc2ccccc2nc1N1CCN(c2ccccc2)CC1. The van der Waals surface area contributed by atoms with Crippen LogP contribution < -0.4 is 15.1 Å². The molecule has 34 heavy (non-hydrogen) atoms. The van der Waals surface area contributed by atoms with Crippen LogP contribution in [0.3, 0.4) is 0 Å². The number of hydrogen-bond donors (Lipinski definition) is 1. The molecule has 2 heterocycles. The molecule has 1 atom stereocenters. The number of amides is 1. The van der Waals surface area contributed by atoms with Gasteiger partial charge in [-0.25, -0.2) is 9.97 Å². The van der Waals surface area contributed by atoms with E-state index in [0.29, 0.717) is 17.0 Å². The fraction of sp³-hybridized carbons (Fsp3) is 0.407. The lowest BCUT2D eigenvalue weighted by Crippen LogP contribution is -2.47. The predicted octanol–water partition coefficient (Wildman–Crippen LogP) is 4.01. The van der Waals surface area contributed by atoms with Gasteiger partial charge in [-0.15, -0.1) is 0 Å². The van der Waals surface area contributed by atoms with Gasteiger partial charge in [-0.3, -0.25) is 4.79 Å². The summed E-state index contributed by atoms with van der Waals surface area (Å²) in [4.78, 5) is 27.5. The molecule has 5 rings (SSSR count). The lowest BCUT2D eigenvalue weighted by molar-refractivity contribution is -0.122. The molecule has 7 heteroatoms. The molecule has 0 radical (unpaired) electrons. The van der Waals surface area contributed by atoms with Crippen LogP contribution in [0, 0.1) is 11.3 Å². The number of para-hydroxylation sites is 3. The van der Waals surface area contributed by atoms with Gasteiger partial charge in [0.25, 0.3) is 0 Å². The van der Waals surface area contributed by atoms with Crippen LogP contribution in [0.2, 0.25) is 0 Å². The molecule has 1 aromatic heterocycles. The molecule has 1 saturated heterocycles. The predicted molar refractivity (Wildman–Crippen MR) is 134 cm³/mol. The lowest BCUT2D eigenvalue weighted by Gasteiger charge is -2.37. The third-order valence-corrected chi connectivity index (χ3v) is 6.89. The molecule has 1 N–H and O–H groups in total. The number of aromatic nitrogens is 2. The van der Waals surface area contributed by atoms with Crippen molar-refractivity contribution in [3.8, 4) is 6.07 Å². The minimum absolute atomic E-state index is 0.142. The minimum Gasteiger partial charge on any atom is -0.368 e. The van der Waals surface area contributed by atoms with Crippen LogP contribution >= 0.6 is 0 Å². The average molecular weight is 455 g/mol. The van der Waals surface area contributed by atoms with Gasteiger partial charge in [0.1, 0.15) is 5.69 Å². The van der Waals surface area contributed by atoms with Crippen molar-refractivity contribution in [1.29, 1.82) is 5.26 Å². The van der Waals surface area contributed by atoms with Crippen LogP contribution in [0.15, 0.2) is 54.6 Å². The standard InChI is InChI=1S/C27H30N6O/c28-19-22(27(34)29-20-9-3-1-4-10-20)25-26(31-24-14-8-7-13-23(24)30-25)33-17-15-32(16-18-33)21-11-5-2-6-12-21/h2,5-8,11-14,20,22H,1,3-4,9-10,15-18H2,(H,29,34)/t22-/m1/s1. The first-order valence-electron chi connectivity index (χ1n) is 12.2. The number of rotatable bonds is 5. The van der Waals surface area contributed by atoms with Crippen LogP contribution in [0.25, 0.3) is 11.0 Å². The van der Waals surface area contributed by atoms with Crippen LogP contribution in [-0.2, 0) is 4.79 Å². The van der Waals surface area contributed by atoms with Crippen LogP contribution in [-0.4, -0.2) is 48.1 Å². The van der Waals surface area contributed by atoms with E-state index < -0.39 is 5.92 Å². The van der Waals surface area contributed by atoms with Crippen molar-refractivity contribution in [3.05, 3.63) is 60.3 Å². The van der Waals surface area contributed by atoms with Crippen LogP contribution in [0.1, 0.15) is 43.7 Å². The Morgan fingerprint density at radius 1 is 0.882 bits per heavy atom. The maximum atomic E-state index is 13.2. The lowest BCUT2D eigenvalue weighted by atomic mass is 9.94. The molecule has 174 valence electrons. The van der Waals surface area contributed by atoms with Crippen molar-refractivity contribution in [2.24, 2.45) is 0 Å². The average Bonchev–Trinajstić information content (AvgIpc) is 2.90. The Balaban J connectivity index is 1.43. The quantitative estimate of drug-likeness (QED) is 0.627. The topological polar surface area (TPSA) is 85.1 Å². The summed E-state index contributed by atoms with van der Waals surface area (Å²) < 4.78 is 0. The maximum absolute atomic E-state index is 13.2. The summed E-state index contributed by atoms with van der Waals surface area (Å²) in [5.41, 5.74) is 3.14. The summed E-state index contributed by atoms with van der Waals surface area (Å²) in [6.45, 7) is 3.17. The molecular formula is C27H30N6O. The van der Waals surface area contributed by atoms with Gasteiger partial charge in [0.15, 0.2) is 11.7 Å². The number of carbonyl (C=O) groups is 1. The molecule has 0 spiro atoms. The largest absolute Gasteiger partial charge is 0.368 e. The number of benzene rings is 2. The van der Waals surface area contributed by atoms with E-state index in [2.05, 4.69) is 45.5 Å². The Kier molecular flexibility index (Phi) is 6.57. The molecule has 0 unspecified atom stereocenters. The number of fused-ring (bicyclic) bond motifs is 1. The van der Waals surface area contributed by atoms with Gasteiger partial charge in [-0.1, -0.05) is 49.6 Å². The molecule has 1 aliphatic carbocycles. The van der Waals surface area contributed by atoms with E-state index in [-0.39, 0.29) is 11.9 Å². The first-order chi connectivity index (χ1) is 16.7. The maximum Gasteiger partial charge on any atom is 0.243 e. The van der Waals surface area contributed by atoms with Crippen molar-refractivity contribution in [3.63, 3.8) is 0 Å². The highest BCUT2D eigenvalue weighted by atomic mass is 16.2. The van der Waals surface area contributed by atoms with Gasteiger partial charge in [0, 0.05) is 37.9 Å². The summed E-state index contributed by atoms with van der Waals surface area (Å²) in [6, 6.07) is 20.4. The number of anilines is 2. The van der Waals surface area contributed by atoms with Crippen LogP contribution in [0.5, 0.6) is 0 Å². The number of carbonyl (C=O) groups excluding carboxylic acids is 1. The number of hydrogen-bond acceptors (Lipinski definition) is 6. The van der Waals surface area contributed by atoms with Crippen molar-refractivity contribution < 1.29 is 4.79 Å². The zero-order valence-corrected chi connectivity index (χ0v) is 19.4. The molecule has 1 amide bonds. The zero-order chi connectivity index (χ0) is 23.3. The highest BCUT2D eigenvalue weighted by Gasteiger charge is 2.31. The van der Waals surface area contributed by atoms with Crippen molar-refractivity contribution >= 4 is 28.4 Å². The van der Waals surface area contributed by atoms with E-state index in [1.54, 1.807) is 0 Å². The Labute approximate surface area is 200 Å². The summed E-state index contributed by atoms with van der Waals surface area (Å²) in [6.07, 6.45) is 5.40. The van der Waals surface area contributed by atoms with Gasteiger partial charge in [0.2, 0.25) is 5.91 Å². The zero-order valence-electron chi connectivity index (χ0n) is 19.4. The third-order valence-electron chi connectivity index (χ3n) is 6.89. The second-order valence-corrected chi connectivity index (χ2v) is 9.14. The van der Waals surface area contributed by atoms with E-state index in [0.717, 1.165) is 57.4 Å². The van der Waals surface area contributed by atoms with Crippen molar-refractivity contribution in [2.75, 3.05) is 36.0 Å². The van der Waals surface area contributed by atoms with E-state index in [1.807, 2.05) is 30.3 Å². The Morgan fingerprint density at radius 3 is 2.18 bits per heavy atom. The second-order valence-electron chi connectivity index (χ2n) is 9.14. The van der Waals surface area contributed by atoms with Gasteiger partial charge >= 0.3 is 0 Å². The van der Waals surface area contributed by atoms with Gasteiger partial charge in [-0.2, -0.15) is 5.26 Å². The van der Waals surface area contributed by atoms with E-state index in [1.165, 1.54) is 12.1 Å². The summed E-state index contributed by atoms with van der Waals surface area (Å²) >= 11 is 0. The first kappa shape index (κ1) is 22.1. The third kappa shape index (κ3) is 4.67. The van der Waals surface area contributed by atoms with E-state index in [4.69, 9.17) is 9.97 Å². The normalized spacial score (nSPS) is 17.9. The Bertz CT molecular complexity index is 1180. The van der Waals surface area contributed by atoms with Crippen molar-refractivity contribution in [1.82, 2.24) is 15.3 Å². The van der Waals surface area contributed by atoms with Gasteiger partial charge in [0.05, 0.1) is 17.1 Å². The molecular weight excluding hydrogens is 424 g/mol. The smallest absolute Gasteiger partial charge is 0.243 e. The monoisotopic (exact) mass is 454 g/mol. The molecule has 7 nitrogen and oxygen atoms in total. The van der Waals surface area contributed by atoms with Gasteiger partial charge in [-0.05, 0) is 37.1 Å². The van der Waals surface area contributed by atoms with Crippen LogP contribution in [0.4, 0.5) is 11.5 Å². The Morgan fingerprint density at radius 2 is 1.50 bits per heavy atom. The number of nitrogens with one attached hydrogen (secondary N) is 1. The van der Waals surface area contributed by atoms with Crippen molar-refractivity contribution in [2.45, 2.75) is 44.1 Å². The molecule has 3 aromatic rings.